The van der Waals surface area contributed by atoms with E-state index in [1.54, 1.807) is 0 Å². The fourth-order valence-corrected chi connectivity index (χ4v) is 2.22. The molecule has 1 fully saturated rings. The molecule has 0 saturated carbocycles. The number of nitrogens with one attached hydrogen (secondary N) is 1. The highest BCUT2D eigenvalue weighted by Gasteiger charge is 2.16. The summed E-state index contributed by atoms with van der Waals surface area (Å²) in [6.07, 6.45) is 1.22. The van der Waals surface area contributed by atoms with Crippen LogP contribution in [0.25, 0.3) is 0 Å². The molecular formula is C7H12N2S. The summed E-state index contributed by atoms with van der Waals surface area (Å²) in [5, 5.41) is 11.7. The third kappa shape index (κ3) is 2.20. The fraction of sp³-hybridized carbons (Fsp3) is 0.857. The molecule has 1 heterocycles. The van der Waals surface area contributed by atoms with Crippen LogP contribution in [0.1, 0.15) is 13.3 Å². The van der Waals surface area contributed by atoms with E-state index in [1.165, 1.54) is 17.9 Å². The molecule has 3 heteroatoms. The predicted molar refractivity (Wildman–Crippen MR) is 43.9 cm³/mol. The number of rotatable bonds is 2. The predicted octanol–water partition coefficient (Wildman–Crippen LogP) is 0.994. The van der Waals surface area contributed by atoms with Crippen molar-refractivity contribution in [2.45, 2.75) is 25.4 Å². The van der Waals surface area contributed by atoms with Crippen molar-refractivity contribution >= 4 is 11.8 Å². The van der Waals surface area contributed by atoms with Crippen LogP contribution in [0.5, 0.6) is 0 Å². The van der Waals surface area contributed by atoms with Gasteiger partial charge in [-0.3, -0.25) is 5.32 Å². The van der Waals surface area contributed by atoms with E-state index in [0.29, 0.717) is 6.04 Å². The van der Waals surface area contributed by atoms with Gasteiger partial charge < -0.3 is 0 Å². The summed E-state index contributed by atoms with van der Waals surface area (Å²) in [4.78, 5) is 0. The molecule has 0 aromatic carbocycles. The lowest BCUT2D eigenvalue weighted by Gasteiger charge is -2.11. The lowest BCUT2D eigenvalue weighted by Crippen LogP contribution is -2.35. The monoisotopic (exact) mass is 156 g/mol. The number of hydrogen-bond acceptors (Lipinski definition) is 3. The third-order valence-electron chi connectivity index (χ3n) is 1.61. The largest absolute Gasteiger partial charge is 0.299 e. The van der Waals surface area contributed by atoms with Crippen LogP contribution in [0.15, 0.2) is 0 Å². The minimum atomic E-state index is 0.0173. The molecule has 10 heavy (non-hydrogen) atoms. The number of thioether (sulfide) groups is 1. The van der Waals surface area contributed by atoms with Gasteiger partial charge in [0, 0.05) is 11.8 Å². The number of hydrogen-bond donors (Lipinski definition) is 1. The molecule has 1 aliphatic heterocycles. The molecule has 56 valence electrons. The van der Waals surface area contributed by atoms with Crippen LogP contribution in [0, 0.1) is 11.3 Å². The van der Waals surface area contributed by atoms with Crippen molar-refractivity contribution < 1.29 is 0 Å². The van der Waals surface area contributed by atoms with E-state index in [0.717, 1.165) is 0 Å². The molecule has 2 nitrogen and oxygen atoms in total. The van der Waals surface area contributed by atoms with Crippen LogP contribution in [0.4, 0.5) is 0 Å². The summed E-state index contributed by atoms with van der Waals surface area (Å²) in [5.41, 5.74) is 0. The van der Waals surface area contributed by atoms with Crippen LogP contribution in [0.3, 0.4) is 0 Å². The quantitative estimate of drug-likeness (QED) is 0.647. The minimum absolute atomic E-state index is 0.0173. The molecule has 0 aromatic rings. The molecule has 2 unspecified atom stereocenters. The summed E-state index contributed by atoms with van der Waals surface area (Å²) in [5.74, 6) is 2.42. The van der Waals surface area contributed by atoms with Crippen molar-refractivity contribution in [3.63, 3.8) is 0 Å². The van der Waals surface area contributed by atoms with Crippen LogP contribution in [-0.2, 0) is 0 Å². The Balaban J connectivity index is 2.19. The van der Waals surface area contributed by atoms with E-state index in [-0.39, 0.29) is 6.04 Å². The summed E-state index contributed by atoms with van der Waals surface area (Å²) >= 11 is 1.96. The van der Waals surface area contributed by atoms with Gasteiger partial charge in [-0.15, -0.1) is 0 Å². The topological polar surface area (TPSA) is 35.8 Å². The zero-order valence-electron chi connectivity index (χ0n) is 6.13. The van der Waals surface area contributed by atoms with Gasteiger partial charge >= 0.3 is 0 Å². The highest BCUT2D eigenvalue weighted by molar-refractivity contribution is 7.99. The Morgan fingerprint density at radius 1 is 1.80 bits per heavy atom. The van der Waals surface area contributed by atoms with Crippen molar-refractivity contribution in [1.82, 2.24) is 5.32 Å². The van der Waals surface area contributed by atoms with Gasteiger partial charge in [-0.25, -0.2) is 0 Å². The zero-order valence-corrected chi connectivity index (χ0v) is 6.95. The molecule has 0 spiro atoms. The van der Waals surface area contributed by atoms with E-state index < -0.39 is 0 Å². The molecule has 1 N–H and O–H groups in total. The summed E-state index contributed by atoms with van der Waals surface area (Å²) in [7, 11) is 0. The Labute approximate surface area is 66.0 Å². The molecule has 0 amide bonds. The second kappa shape index (κ2) is 3.85. The highest BCUT2D eigenvalue weighted by Crippen LogP contribution is 2.17. The van der Waals surface area contributed by atoms with Crippen LogP contribution in [0.2, 0.25) is 0 Å². The normalized spacial score (nSPS) is 27.8. The first-order valence-electron chi connectivity index (χ1n) is 3.56. The number of nitrogens with zero attached hydrogens (tertiary/aromatic N) is 1. The maximum atomic E-state index is 8.48. The maximum Gasteiger partial charge on any atom is 0.0926 e. The van der Waals surface area contributed by atoms with E-state index in [4.69, 9.17) is 5.26 Å². The molecule has 2 atom stereocenters. The Bertz CT molecular complexity index is 135. The zero-order chi connectivity index (χ0) is 7.40. The standard InChI is InChI=1S/C7H12N2S/c1-6(4-8)9-7-2-3-10-5-7/h6-7,9H,2-3,5H2,1H3. The van der Waals surface area contributed by atoms with Crippen molar-refractivity contribution in [2.24, 2.45) is 0 Å². The smallest absolute Gasteiger partial charge is 0.0926 e. The highest BCUT2D eigenvalue weighted by atomic mass is 32.2. The van der Waals surface area contributed by atoms with Gasteiger partial charge in [0.25, 0.3) is 0 Å². The Morgan fingerprint density at radius 3 is 3.10 bits per heavy atom. The number of nitriles is 1. The first-order chi connectivity index (χ1) is 4.83. The average Bonchev–Trinajstić information content (AvgIpc) is 2.40. The Morgan fingerprint density at radius 2 is 2.60 bits per heavy atom. The van der Waals surface area contributed by atoms with Crippen LogP contribution < -0.4 is 5.32 Å². The van der Waals surface area contributed by atoms with E-state index >= 15 is 0 Å². The third-order valence-corrected chi connectivity index (χ3v) is 2.77. The summed E-state index contributed by atoms with van der Waals surface area (Å²) in [6.45, 7) is 1.91. The maximum absolute atomic E-state index is 8.48. The van der Waals surface area contributed by atoms with Gasteiger partial charge in [0.05, 0.1) is 12.1 Å². The van der Waals surface area contributed by atoms with Gasteiger partial charge in [-0.05, 0) is 19.1 Å². The van der Waals surface area contributed by atoms with Gasteiger partial charge in [0.2, 0.25) is 0 Å². The minimum Gasteiger partial charge on any atom is -0.299 e. The second-order valence-corrected chi connectivity index (χ2v) is 3.73. The van der Waals surface area contributed by atoms with Crippen LogP contribution >= 0.6 is 11.8 Å². The Hall–Kier alpha value is -0.200. The van der Waals surface area contributed by atoms with E-state index in [9.17, 15) is 0 Å². The van der Waals surface area contributed by atoms with E-state index in [2.05, 4.69) is 11.4 Å². The average molecular weight is 156 g/mol. The van der Waals surface area contributed by atoms with Crippen molar-refractivity contribution in [3.8, 4) is 6.07 Å². The SMILES string of the molecule is CC(C#N)NC1CCSC1. The lowest BCUT2D eigenvalue weighted by atomic mass is 10.2. The molecule has 0 aliphatic carbocycles. The van der Waals surface area contributed by atoms with Gasteiger partial charge in [0.15, 0.2) is 0 Å². The molecule has 1 rings (SSSR count). The fourth-order valence-electron chi connectivity index (χ4n) is 1.06. The van der Waals surface area contributed by atoms with Gasteiger partial charge in [0.1, 0.15) is 0 Å². The lowest BCUT2D eigenvalue weighted by molar-refractivity contribution is 0.530. The van der Waals surface area contributed by atoms with Gasteiger partial charge in [-0.2, -0.15) is 17.0 Å². The Kier molecular flexibility index (Phi) is 3.04. The molecule has 0 radical (unpaired) electrons. The van der Waals surface area contributed by atoms with Crippen LogP contribution in [-0.4, -0.2) is 23.6 Å². The summed E-state index contributed by atoms with van der Waals surface area (Å²) in [6, 6.07) is 2.77. The van der Waals surface area contributed by atoms with Crippen molar-refractivity contribution in [2.75, 3.05) is 11.5 Å². The second-order valence-electron chi connectivity index (χ2n) is 2.58. The molecule has 1 aliphatic rings. The van der Waals surface area contributed by atoms with Crippen molar-refractivity contribution in [3.05, 3.63) is 0 Å². The first-order valence-corrected chi connectivity index (χ1v) is 4.72. The molecule has 0 bridgehead atoms. The molecule has 1 saturated heterocycles. The van der Waals surface area contributed by atoms with Crippen molar-refractivity contribution in [1.29, 1.82) is 5.26 Å². The first kappa shape index (κ1) is 7.90. The summed E-state index contributed by atoms with van der Waals surface area (Å²) < 4.78 is 0. The van der Waals surface area contributed by atoms with Gasteiger partial charge in [-0.1, -0.05) is 0 Å². The molecule has 0 aromatic heterocycles. The molecular weight excluding hydrogens is 144 g/mol. The van der Waals surface area contributed by atoms with E-state index in [1.807, 2.05) is 18.7 Å².